The highest BCUT2D eigenvalue weighted by molar-refractivity contribution is 7.89. The van der Waals surface area contributed by atoms with E-state index in [1.807, 2.05) is 7.05 Å². The molecule has 0 unspecified atom stereocenters. The molecule has 4 amide bonds. The summed E-state index contributed by atoms with van der Waals surface area (Å²) >= 11 is 0. The van der Waals surface area contributed by atoms with Gasteiger partial charge in [-0.25, -0.2) is 0 Å². The summed E-state index contributed by atoms with van der Waals surface area (Å²) in [7, 11) is -7.69. The van der Waals surface area contributed by atoms with Gasteiger partial charge in [0, 0.05) is 43.0 Å². The van der Waals surface area contributed by atoms with Gasteiger partial charge in [0.05, 0.1) is 0 Å². The Bertz CT molecular complexity index is 1550. The monoisotopic (exact) mass is 619 g/mol. The fourth-order valence-corrected chi connectivity index (χ4v) is 6.26. The van der Waals surface area contributed by atoms with E-state index in [-0.39, 0.29) is 18.7 Å². The number of amides is 4. The minimum absolute atomic E-state index is 0.0109. The molecule has 13 nitrogen and oxygen atoms in total. The summed E-state index contributed by atoms with van der Waals surface area (Å²) in [6, 6.07) is 11.6. The second-order valence-corrected chi connectivity index (χ2v) is 12.0. The zero-order chi connectivity index (χ0) is 31.1. The lowest BCUT2D eigenvalue weighted by Crippen LogP contribution is -2.39. The number of hydrogen-bond acceptors (Lipinski definition) is 9. The largest absolute Gasteiger partial charge is 0.306 e. The topological polar surface area (TPSA) is 187 Å². The molecule has 224 valence electrons. The lowest BCUT2D eigenvalue weighted by atomic mass is 10.1. The van der Waals surface area contributed by atoms with E-state index in [9.17, 15) is 40.6 Å². The third-order valence-electron chi connectivity index (χ3n) is 6.24. The third kappa shape index (κ3) is 8.50. The van der Waals surface area contributed by atoms with Crippen LogP contribution in [0.4, 0.5) is 0 Å². The molecular formula is C27H29N3O10S2. The smallest absolute Gasteiger partial charge is 0.296 e. The average molecular weight is 620 g/mol. The van der Waals surface area contributed by atoms with E-state index in [0.29, 0.717) is 18.4 Å². The first-order valence-electron chi connectivity index (χ1n) is 12.6. The zero-order valence-electron chi connectivity index (χ0n) is 22.5. The minimum atomic E-state index is -4.83. The summed E-state index contributed by atoms with van der Waals surface area (Å²) in [5.41, 5.74) is 0.383. The minimum Gasteiger partial charge on any atom is -0.306 e. The van der Waals surface area contributed by atoms with Crippen molar-refractivity contribution in [3.05, 3.63) is 72.8 Å². The maximum atomic E-state index is 12.1. The number of carbonyl (C=O) groups excluding carboxylic acids is 4. The van der Waals surface area contributed by atoms with E-state index in [4.69, 9.17) is 4.55 Å². The number of rotatable bonds is 3. The van der Waals surface area contributed by atoms with Crippen LogP contribution in [0.3, 0.4) is 0 Å². The van der Waals surface area contributed by atoms with E-state index in [2.05, 4.69) is 4.90 Å². The molecule has 0 aliphatic carbocycles. The first-order chi connectivity index (χ1) is 19.7. The number of benzene rings is 2. The van der Waals surface area contributed by atoms with Gasteiger partial charge in [-0.3, -0.25) is 38.1 Å². The molecular weight excluding hydrogens is 590 g/mol. The summed E-state index contributed by atoms with van der Waals surface area (Å²) < 4.78 is 63.9. The van der Waals surface area contributed by atoms with Gasteiger partial charge in [-0.1, -0.05) is 42.5 Å². The predicted octanol–water partition coefficient (Wildman–Crippen LogP) is 1.40. The molecule has 2 aromatic rings. The second kappa shape index (κ2) is 13.8. The Hall–Kier alpha value is -4.02. The van der Waals surface area contributed by atoms with Gasteiger partial charge in [-0.15, -0.1) is 0 Å². The van der Waals surface area contributed by atoms with Gasteiger partial charge in [-0.2, -0.15) is 16.8 Å². The van der Waals surface area contributed by atoms with Gasteiger partial charge >= 0.3 is 0 Å². The van der Waals surface area contributed by atoms with Crippen LogP contribution in [0.15, 0.2) is 82.6 Å². The van der Waals surface area contributed by atoms with Gasteiger partial charge < -0.3 is 4.90 Å². The Morgan fingerprint density at radius 1 is 0.595 bits per heavy atom. The number of carbonyl (C=O) groups is 4. The van der Waals surface area contributed by atoms with Crippen LogP contribution >= 0.6 is 0 Å². The van der Waals surface area contributed by atoms with Crippen LogP contribution < -0.4 is 0 Å². The highest BCUT2D eigenvalue weighted by Crippen LogP contribution is 2.32. The number of hydrogen-bond donors (Lipinski definition) is 2. The van der Waals surface area contributed by atoms with Crippen molar-refractivity contribution in [3.63, 3.8) is 0 Å². The molecule has 0 saturated carbocycles. The van der Waals surface area contributed by atoms with Crippen molar-refractivity contribution in [2.24, 2.45) is 0 Å². The Labute approximate surface area is 243 Å². The van der Waals surface area contributed by atoms with Crippen LogP contribution in [0.25, 0.3) is 11.1 Å². The molecule has 15 heteroatoms. The van der Waals surface area contributed by atoms with E-state index in [1.165, 1.54) is 12.1 Å². The van der Waals surface area contributed by atoms with E-state index in [0.717, 1.165) is 53.3 Å². The van der Waals surface area contributed by atoms with Crippen LogP contribution in [0.1, 0.15) is 12.8 Å². The fraction of sp³-hybridized carbons (Fsp3) is 0.259. The van der Waals surface area contributed by atoms with Crippen LogP contribution in [-0.4, -0.2) is 97.5 Å². The van der Waals surface area contributed by atoms with Gasteiger partial charge in [-0.05, 0) is 44.6 Å². The number of fused-ring (bicyclic) bond motifs is 10. The molecule has 3 aliphatic rings. The van der Waals surface area contributed by atoms with E-state index >= 15 is 0 Å². The molecule has 0 spiro atoms. The van der Waals surface area contributed by atoms with Gasteiger partial charge in [0.25, 0.3) is 43.9 Å². The van der Waals surface area contributed by atoms with Crippen LogP contribution in [0, 0.1) is 0 Å². The average Bonchev–Trinajstić information content (AvgIpc) is 2.95. The van der Waals surface area contributed by atoms with Gasteiger partial charge in [0.1, 0.15) is 9.79 Å². The summed E-state index contributed by atoms with van der Waals surface area (Å²) in [6.45, 7) is 1.96. The predicted molar refractivity (Wildman–Crippen MR) is 150 cm³/mol. The first-order valence-corrected chi connectivity index (χ1v) is 15.5. The standard InChI is InChI=1S/C15H19N3O4.C12H10O6S2/c1-16-8-2-10-17-12(19)4-6-14(21)18(11-3-9-16)15(22)7-5-13(17)20;13-19(14,15)11-8-4-7-10(12(11)20(16,17)18)9-5-2-1-3-6-9/h4-7H,2-3,8-11H2,1H3;1-8H,(H,13,14,15)(H,16,17,18)/b6-4-,7-5-;. The third-order valence-corrected chi connectivity index (χ3v) is 8.22. The Balaban J connectivity index is 0.000000231. The van der Waals surface area contributed by atoms with E-state index in [1.54, 1.807) is 30.3 Å². The molecule has 42 heavy (non-hydrogen) atoms. The molecule has 0 fully saturated rings. The summed E-state index contributed by atoms with van der Waals surface area (Å²) in [6.07, 6.45) is 5.51. The highest BCUT2D eigenvalue weighted by atomic mass is 32.2. The molecule has 2 bridgehead atoms. The van der Waals surface area contributed by atoms with Gasteiger partial charge in [0.2, 0.25) is 0 Å². The molecule has 3 aliphatic heterocycles. The number of nitrogens with zero attached hydrogens (tertiary/aromatic N) is 3. The maximum absolute atomic E-state index is 12.1. The molecule has 2 aromatic carbocycles. The lowest BCUT2D eigenvalue weighted by Gasteiger charge is -2.20. The molecule has 0 saturated heterocycles. The Morgan fingerprint density at radius 2 is 1.05 bits per heavy atom. The molecule has 3 heterocycles. The number of imide groups is 2. The second-order valence-electron chi connectivity index (χ2n) is 9.28. The Morgan fingerprint density at radius 3 is 1.45 bits per heavy atom. The highest BCUT2D eigenvalue weighted by Gasteiger charge is 2.28. The summed E-state index contributed by atoms with van der Waals surface area (Å²) in [4.78, 5) is 50.7. The van der Waals surface area contributed by atoms with Crippen molar-refractivity contribution in [2.75, 3.05) is 33.2 Å². The zero-order valence-corrected chi connectivity index (χ0v) is 24.1. The summed E-state index contributed by atoms with van der Waals surface area (Å²) in [5, 5.41) is 0. The fourth-order valence-electron chi connectivity index (χ4n) is 4.24. The maximum Gasteiger partial charge on any atom is 0.296 e. The van der Waals surface area contributed by atoms with Crippen molar-refractivity contribution in [3.8, 4) is 11.1 Å². The van der Waals surface area contributed by atoms with E-state index < -0.39 is 53.7 Å². The van der Waals surface area contributed by atoms with Crippen molar-refractivity contribution >= 4 is 43.9 Å². The van der Waals surface area contributed by atoms with Crippen molar-refractivity contribution in [1.29, 1.82) is 0 Å². The molecule has 2 N–H and O–H groups in total. The van der Waals surface area contributed by atoms with Crippen molar-refractivity contribution in [2.45, 2.75) is 22.6 Å². The molecule has 0 radical (unpaired) electrons. The normalized spacial score (nSPS) is 19.0. The van der Waals surface area contributed by atoms with Crippen LogP contribution in [-0.2, 0) is 39.4 Å². The molecule has 5 rings (SSSR count). The lowest BCUT2D eigenvalue weighted by molar-refractivity contribution is -0.142. The van der Waals surface area contributed by atoms with Crippen LogP contribution in [0.2, 0.25) is 0 Å². The van der Waals surface area contributed by atoms with Crippen molar-refractivity contribution < 1.29 is 45.1 Å². The quantitative estimate of drug-likeness (QED) is 0.373. The summed E-state index contributed by atoms with van der Waals surface area (Å²) in [5.74, 6) is -2.17. The van der Waals surface area contributed by atoms with Crippen LogP contribution in [0.5, 0.6) is 0 Å². The van der Waals surface area contributed by atoms with Gasteiger partial charge in [0.15, 0.2) is 0 Å². The SMILES string of the molecule is CN1CCCN2C(=O)/C=C\C(=O)N(CCC1)C(=O)/C=C\C2=O.O=S(=O)(O)c1cccc(-c2ccccc2)c1S(=O)(=O)O. The Kier molecular flexibility index (Phi) is 10.6. The molecule has 0 aromatic heterocycles. The molecule has 0 atom stereocenters. The van der Waals surface area contributed by atoms with Crippen molar-refractivity contribution in [1.82, 2.24) is 14.7 Å². The first kappa shape index (κ1) is 32.5.